The third-order valence-corrected chi connectivity index (χ3v) is 4.57. The first-order chi connectivity index (χ1) is 13.6. The van der Waals surface area contributed by atoms with Crippen molar-refractivity contribution in [1.29, 1.82) is 0 Å². The molecule has 0 aliphatic heterocycles. The van der Waals surface area contributed by atoms with Crippen LogP contribution in [0.15, 0.2) is 67.1 Å². The number of anilines is 1. The van der Waals surface area contributed by atoms with Gasteiger partial charge < -0.3 is 10.1 Å². The number of amides is 1. The van der Waals surface area contributed by atoms with Gasteiger partial charge in [0.1, 0.15) is 5.75 Å². The Labute approximate surface area is 162 Å². The highest BCUT2D eigenvalue weighted by molar-refractivity contribution is 5.93. The summed E-state index contributed by atoms with van der Waals surface area (Å²) in [5.41, 5.74) is 4.44. The molecule has 0 spiro atoms. The molecule has 0 saturated carbocycles. The maximum absolute atomic E-state index is 12.5. The van der Waals surface area contributed by atoms with E-state index in [1.807, 2.05) is 72.2 Å². The molecule has 0 aliphatic carbocycles. The number of carbonyl (C=O) groups excluding carboxylic acids is 1. The number of hydrogen-bond acceptors (Lipinski definition) is 4. The molecular weight excluding hydrogens is 352 g/mol. The van der Waals surface area contributed by atoms with Gasteiger partial charge in [-0.1, -0.05) is 24.3 Å². The summed E-state index contributed by atoms with van der Waals surface area (Å²) in [5.74, 6) is 1.35. The third kappa shape index (κ3) is 3.71. The maximum Gasteiger partial charge on any atom is 0.234 e. The number of rotatable bonds is 5. The van der Waals surface area contributed by atoms with Gasteiger partial charge in [-0.15, -0.1) is 0 Å². The van der Waals surface area contributed by atoms with E-state index in [0.717, 1.165) is 33.8 Å². The Morgan fingerprint density at radius 2 is 2.00 bits per heavy atom. The van der Waals surface area contributed by atoms with E-state index >= 15 is 0 Å². The first kappa shape index (κ1) is 17.7. The van der Waals surface area contributed by atoms with Crippen molar-refractivity contribution in [3.63, 3.8) is 0 Å². The number of benzene rings is 2. The van der Waals surface area contributed by atoms with Gasteiger partial charge in [-0.3, -0.25) is 9.20 Å². The lowest BCUT2D eigenvalue weighted by atomic mass is 10.1. The standard InChI is InChI=1S/C22H20N4O2/c1-15-4-7-17(20-14-26-11-3-10-23-22(26)25-20)13-19(15)24-21(27)12-16-5-8-18(28-2)9-6-16/h3-11,13-14H,12H2,1-2H3,(H,24,27). The first-order valence-electron chi connectivity index (χ1n) is 8.96. The zero-order valence-corrected chi connectivity index (χ0v) is 15.7. The molecule has 2 aromatic heterocycles. The number of methoxy groups -OCH3 is 1. The number of carbonyl (C=O) groups is 1. The monoisotopic (exact) mass is 372 g/mol. The van der Waals surface area contributed by atoms with Crippen LogP contribution in [0.5, 0.6) is 5.75 Å². The number of ether oxygens (including phenoxy) is 1. The van der Waals surface area contributed by atoms with Gasteiger partial charge >= 0.3 is 0 Å². The quantitative estimate of drug-likeness (QED) is 0.577. The van der Waals surface area contributed by atoms with Crippen LogP contribution in [0, 0.1) is 6.92 Å². The Hall–Kier alpha value is -3.67. The topological polar surface area (TPSA) is 68.5 Å². The summed E-state index contributed by atoms with van der Waals surface area (Å²) in [4.78, 5) is 21.3. The average molecular weight is 372 g/mol. The normalized spacial score (nSPS) is 10.8. The Bertz CT molecular complexity index is 1100. The van der Waals surface area contributed by atoms with Gasteiger partial charge in [0, 0.05) is 29.8 Å². The number of aryl methyl sites for hydroxylation is 1. The number of nitrogens with zero attached hydrogens (tertiary/aromatic N) is 3. The van der Waals surface area contributed by atoms with Crippen LogP contribution in [0.3, 0.4) is 0 Å². The predicted molar refractivity (Wildman–Crippen MR) is 108 cm³/mol. The minimum Gasteiger partial charge on any atom is -0.497 e. The van der Waals surface area contributed by atoms with Gasteiger partial charge in [0.15, 0.2) is 0 Å². The molecule has 4 aromatic rings. The molecule has 2 heterocycles. The molecule has 6 heteroatoms. The Kier molecular flexibility index (Phi) is 4.76. The largest absolute Gasteiger partial charge is 0.497 e. The second-order valence-electron chi connectivity index (χ2n) is 6.56. The third-order valence-electron chi connectivity index (χ3n) is 4.57. The van der Waals surface area contributed by atoms with Crippen molar-refractivity contribution in [1.82, 2.24) is 14.4 Å². The van der Waals surface area contributed by atoms with Gasteiger partial charge in [-0.05, 0) is 42.3 Å². The molecule has 0 atom stereocenters. The lowest BCUT2D eigenvalue weighted by Gasteiger charge is -2.10. The van der Waals surface area contributed by atoms with E-state index in [1.165, 1.54) is 0 Å². The van der Waals surface area contributed by atoms with Crippen LogP contribution in [-0.2, 0) is 11.2 Å². The highest BCUT2D eigenvalue weighted by Gasteiger charge is 2.10. The highest BCUT2D eigenvalue weighted by Crippen LogP contribution is 2.25. The molecule has 1 amide bonds. The van der Waals surface area contributed by atoms with Crippen molar-refractivity contribution in [2.75, 3.05) is 12.4 Å². The molecule has 4 rings (SSSR count). The van der Waals surface area contributed by atoms with E-state index < -0.39 is 0 Å². The van der Waals surface area contributed by atoms with Crippen LogP contribution in [0.1, 0.15) is 11.1 Å². The Balaban J connectivity index is 1.54. The Morgan fingerprint density at radius 1 is 1.18 bits per heavy atom. The molecule has 6 nitrogen and oxygen atoms in total. The zero-order valence-electron chi connectivity index (χ0n) is 15.7. The van der Waals surface area contributed by atoms with Crippen molar-refractivity contribution in [3.05, 3.63) is 78.2 Å². The summed E-state index contributed by atoms with van der Waals surface area (Å²) in [6, 6.07) is 15.3. The van der Waals surface area contributed by atoms with Crippen molar-refractivity contribution in [3.8, 4) is 17.0 Å². The summed E-state index contributed by atoms with van der Waals surface area (Å²) >= 11 is 0. The highest BCUT2D eigenvalue weighted by atomic mass is 16.5. The van der Waals surface area contributed by atoms with E-state index in [1.54, 1.807) is 13.3 Å². The minimum absolute atomic E-state index is 0.0675. The van der Waals surface area contributed by atoms with E-state index in [-0.39, 0.29) is 5.91 Å². The average Bonchev–Trinajstić information content (AvgIpc) is 3.14. The number of nitrogens with one attached hydrogen (secondary N) is 1. The van der Waals surface area contributed by atoms with Gasteiger partial charge in [0.2, 0.25) is 11.7 Å². The van der Waals surface area contributed by atoms with E-state index in [0.29, 0.717) is 12.2 Å². The van der Waals surface area contributed by atoms with Crippen molar-refractivity contribution in [2.45, 2.75) is 13.3 Å². The van der Waals surface area contributed by atoms with Crippen molar-refractivity contribution >= 4 is 17.4 Å². The SMILES string of the molecule is COc1ccc(CC(=O)Nc2cc(-c3cn4cccnc4n3)ccc2C)cc1. The lowest BCUT2D eigenvalue weighted by molar-refractivity contribution is -0.115. The molecular formula is C22H20N4O2. The van der Waals surface area contributed by atoms with Gasteiger partial charge in [0.05, 0.1) is 19.2 Å². The second kappa shape index (κ2) is 7.52. The maximum atomic E-state index is 12.5. The molecule has 2 aromatic carbocycles. The number of fused-ring (bicyclic) bond motifs is 1. The fourth-order valence-electron chi connectivity index (χ4n) is 3.01. The number of aromatic nitrogens is 3. The molecule has 140 valence electrons. The summed E-state index contributed by atoms with van der Waals surface area (Å²) in [7, 11) is 1.62. The van der Waals surface area contributed by atoms with Crippen LogP contribution < -0.4 is 10.1 Å². The second-order valence-corrected chi connectivity index (χ2v) is 6.56. The Morgan fingerprint density at radius 3 is 2.75 bits per heavy atom. The molecule has 0 aliphatic rings. The summed E-state index contributed by atoms with van der Waals surface area (Å²) in [6.45, 7) is 1.97. The number of imidazole rings is 1. The lowest BCUT2D eigenvalue weighted by Crippen LogP contribution is -2.15. The van der Waals surface area contributed by atoms with Crippen LogP contribution in [0.2, 0.25) is 0 Å². The molecule has 28 heavy (non-hydrogen) atoms. The summed E-state index contributed by atoms with van der Waals surface area (Å²) < 4.78 is 7.02. The molecule has 0 unspecified atom stereocenters. The van der Waals surface area contributed by atoms with Crippen molar-refractivity contribution < 1.29 is 9.53 Å². The molecule has 0 fully saturated rings. The molecule has 0 radical (unpaired) electrons. The smallest absolute Gasteiger partial charge is 0.234 e. The molecule has 0 saturated heterocycles. The van der Waals surface area contributed by atoms with Gasteiger partial charge in [-0.2, -0.15) is 0 Å². The minimum atomic E-state index is -0.0675. The van der Waals surface area contributed by atoms with E-state index in [4.69, 9.17) is 4.74 Å². The van der Waals surface area contributed by atoms with E-state index in [9.17, 15) is 4.79 Å². The molecule has 1 N–H and O–H groups in total. The predicted octanol–water partition coefficient (Wildman–Crippen LogP) is 3.89. The first-order valence-corrected chi connectivity index (χ1v) is 8.96. The molecule has 0 bridgehead atoms. The summed E-state index contributed by atoms with van der Waals surface area (Å²) in [6.07, 6.45) is 5.85. The van der Waals surface area contributed by atoms with Crippen LogP contribution in [0.4, 0.5) is 5.69 Å². The van der Waals surface area contributed by atoms with Crippen LogP contribution >= 0.6 is 0 Å². The van der Waals surface area contributed by atoms with Crippen LogP contribution in [0.25, 0.3) is 17.0 Å². The number of hydrogen-bond donors (Lipinski definition) is 1. The fourth-order valence-corrected chi connectivity index (χ4v) is 3.01. The van der Waals surface area contributed by atoms with E-state index in [2.05, 4.69) is 15.3 Å². The summed E-state index contributed by atoms with van der Waals surface area (Å²) in [5, 5.41) is 3.01. The zero-order chi connectivity index (χ0) is 19.5. The fraction of sp³-hybridized carbons (Fsp3) is 0.136. The van der Waals surface area contributed by atoms with Gasteiger partial charge in [-0.25, -0.2) is 9.97 Å². The van der Waals surface area contributed by atoms with Crippen LogP contribution in [-0.4, -0.2) is 27.4 Å². The van der Waals surface area contributed by atoms with Gasteiger partial charge in [0.25, 0.3) is 0 Å². The van der Waals surface area contributed by atoms with Crippen molar-refractivity contribution in [2.24, 2.45) is 0 Å².